The fraction of sp³-hybridized carbons (Fsp3) is 0.900. The van der Waals surface area contributed by atoms with Crippen LogP contribution in [-0.4, -0.2) is 43.9 Å². The van der Waals surface area contributed by atoms with Crippen LogP contribution in [0.25, 0.3) is 0 Å². The largest absolute Gasteiger partial charge is 0.396 e. The minimum Gasteiger partial charge on any atom is -0.396 e. The Balaban J connectivity index is 3.54. The molecule has 0 bridgehead atoms. The number of ether oxygens (including phenoxy) is 1. The lowest BCUT2D eigenvalue weighted by Gasteiger charge is -2.13. The summed E-state index contributed by atoms with van der Waals surface area (Å²) >= 11 is 0. The van der Waals surface area contributed by atoms with Gasteiger partial charge in [0, 0.05) is 26.8 Å². The Morgan fingerprint density at radius 2 is 2.27 bits per heavy atom. The summed E-state index contributed by atoms with van der Waals surface area (Å²) in [5, 5.41) is 11.5. The fourth-order valence-electron chi connectivity index (χ4n) is 1.18. The van der Waals surface area contributed by atoms with E-state index in [-0.39, 0.29) is 25.0 Å². The molecule has 2 unspecified atom stereocenters. The van der Waals surface area contributed by atoms with Crippen LogP contribution in [0.1, 0.15) is 19.8 Å². The van der Waals surface area contributed by atoms with Crippen LogP contribution in [0.3, 0.4) is 0 Å². The van der Waals surface area contributed by atoms with Crippen molar-refractivity contribution in [2.45, 2.75) is 25.9 Å². The van der Waals surface area contributed by atoms with Gasteiger partial charge in [-0.3, -0.25) is 4.79 Å². The molecule has 5 heteroatoms. The van der Waals surface area contributed by atoms with Crippen LogP contribution >= 0.6 is 0 Å². The van der Waals surface area contributed by atoms with Crippen LogP contribution in [0, 0.1) is 5.92 Å². The standard InChI is InChI=1S/C10H22N2O3/c1-8(7-13)4-3-5-12-10(14)9(6-11)15-2/h8-9,13H,3-7,11H2,1-2H3,(H,12,14). The Bertz CT molecular complexity index is 172. The molecule has 2 atom stereocenters. The molecule has 0 heterocycles. The van der Waals surface area contributed by atoms with E-state index in [9.17, 15) is 4.79 Å². The maximum absolute atomic E-state index is 11.4. The molecule has 0 aliphatic rings. The summed E-state index contributed by atoms with van der Waals surface area (Å²) in [5.41, 5.74) is 5.34. The number of carbonyl (C=O) groups excluding carboxylic acids is 1. The van der Waals surface area contributed by atoms with Crippen molar-refractivity contribution >= 4 is 5.91 Å². The molecule has 0 radical (unpaired) electrons. The van der Waals surface area contributed by atoms with Gasteiger partial charge in [-0.1, -0.05) is 6.92 Å². The number of methoxy groups -OCH3 is 1. The minimum absolute atomic E-state index is 0.170. The summed E-state index contributed by atoms with van der Waals surface area (Å²) in [6.45, 7) is 2.95. The molecule has 0 saturated carbocycles. The first kappa shape index (κ1) is 14.3. The van der Waals surface area contributed by atoms with E-state index in [0.29, 0.717) is 6.54 Å². The predicted octanol–water partition coefficient (Wildman–Crippen LogP) is -0.515. The van der Waals surface area contributed by atoms with Gasteiger partial charge in [-0.25, -0.2) is 0 Å². The molecule has 0 spiro atoms. The highest BCUT2D eigenvalue weighted by molar-refractivity contribution is 5.80. The number of rotatable bonds is 8. The lowest BCUT2D eigenvalue weighted by Crippen LogP contribution is -2.40. The van der Waals surface area contributed by atoms with Crippen molar-refractivity contribution in [2.24, 2.45) is 11.7 Å². The number of hydrogen-bond acceptors (Lipinski definition) is 4. The van der Waals surface area contributed by atoms with Crippen molar-refractivity contribution in [1.82, 2.24) is 5.32 Å². The summed E-state index contributed by atoms with van der Waals surface area (Å²) in [4.78, 5) is 11.4. The highest BCUT2D eigenvalue weighted by atomic mass is 16.5. The third-order valence-electron chi connectivity index (χ3n) is 2.28. The van der Waals surface area contributed by atoms with E-state index in [2.05, 4.69) is 5.32 Å². The molecule has 5 nitrogen and oxygen atoms in total. The molecule has 0 aromatic heterocycles. The van der Waals surface area contributed by atoms with Crippen molar-refractivity contribution in [3.63, 3.8) is 0 Å². The average molecular weight is 218 g/mol. The van der Waals surface area contributed by atoms with Crippen molar-refractivity contribution < 1.29 is 14.6 Å². The van der Waals surface area contributed by atoms with Crippen molar-refractivity contribution in [3.8, 4) is 0 Å². The molecule has 1 amide bonds. The lowest BCUT2D eigenvalue weighted by molar-refractivity contribution is -0.130. The van der Waals surface area contributed by atoms with E-state index in [1.165, 1.54) is 7.11 Å². The molecule has 90 valence electrons. The lowest BCUT2D eigenvalue weighted by atomic mass is 10.1. The number of hydrogen-bond donors (Lipinski definition) is 3. The van der Waals surface area contributed by atoms with Gasteiger partial charge in [0.05, 0.1) is 0 Å². The van der Waals surface area contributed by atoms with E-state index in [1.54, 1.807) is 0 Å². The minimum atomic E-state index is -0.555. The number of nitrogens with one attached hydrogen (secondary N) is 1. The van der Waals surface area contributed by atoms with Gasteiger partial charge in [0.15, 0.2) is 0 Å². The SMILES string of the molecule is COC(CN)C(=O)NCCCC(C)CO. The Labute approximate surface area is 91.0 Å². The smallest absolute Gasteiger partial charge is 0.250 e. The second-order valence-corrected chi connectivity index (χ2v) is 3.68. The van der Waals surface area contributed by atoms with Crippen molar-refractivity contribution in [3.05, 3.63) is 0 Å². The molecule has 4 N–H and O–H groups in total. The molecule has 0 aromatic rings. The molecular formula is C10H22N2O3. The van der Waals surface area contributed by atoms with Crippen LogP contribution in [0.5, 0.6) is 0 Å². The van der Waals surface area contributed by atoms with Crippen molar-refractivity contribution in [2.75, 3.05) is 26.8 Å². The maximum Gasteiger partial charge on any atom is 0.250 e. The van der Waals surface area contributed by atoms with Crippen molar-refractivity contribution in [1.29, 1.82) is 0 Å². The van der Waals surface area contributed by atoms with Crippen LogP contribution < -0.4 is 11.1 Å². The van der Waals surface area contributed by atoms with E-state index in [0.717, 1.165) is 12.8 Å². The maximum atomic E-state index is 11.4. The molecule has 15 heavy (non-hydrogen) atoms. The zero-order chi connectivity index (χ0) is 11.7. The van der Waals surface area contributed by atoms with Gasteiger partial charge in [0.25, 0.3) is 0 Å². The van der Waals surface area contributed by atoms with Gasteiger partial charge in [0.1, 0.15) is 6.10 Å². The highest BCUT2D eigenvalue weighted by Crippen LogP contribution is 2.02. The monoisotopic (exact) mass is 218 g/mol. The summed E-state index contributed by atoms with van der Waals surface area (Å²) in [7, 11) is 1.46. The normalized spacial score (nSPS) is 14.7. The van der Waals surface area contributed by atoms with E-state index in [1.807, 2.05) is 6.92 Å². The third-order valence-corrected chi connectivity index (χ3v) is 2.28. The van der Waals surface area contributed by atoms with Gasteiger partial charge in [-0.05, 0) is 18.8 Å². The Hall–Kier alpha value is -0.650. The fourth-order valence-corrected chi connectivity index (χ4v) is 1.18. The Kier molecular flexibility index (Phi) is 8.27. The average Bonchev–Trinajstić information content (AvgIpc) is 2.25. The summed E-state index contributed by atoms with van der Waals surface area (Å²) in [6, 6.07) is 0. The number of carbonyl (C=O) groups is 1. The molecule has 0 aliphatic heterocycles. The van der Waals surface area contributed by atoms with E-state index >= 15 is 0 Å². The summed E-state index contributed by atoms with van der Waals surface area (Å²) < 4.78 is 4.88. The van der Waals surface area contributed by atoms with E-state index < -0.39 is 6.10 Å². The first-order valence-electron chi connectivity index (χ1n) is 5.27. The quantitative estimate of drug-likeness (QED) is 0.479. The predicted molar refractivity (Wildman–Crippen MR) is 58.3 cm³/mol. The molecule has 0 saturated heterocycles. The Morgan fingerprint density at radius 3 is 2.73 bits per heavy atom. The second kappa shape index (κ2) is 8.64. The van der Waals surface area contributed by atoms with Crippen LogP contribution in [0.4, 0.5) is 0 Å². The molecule has 0 aliphatic carbocycles. The van der Waals surface area contributed by atoms with Gasteiger partial charge in [0.2, 0.25) is 5.91 Å². The van der Waals surface area contributed by atoms with Crippen LogP contribution in [0.2, 0.25) is 0 Å². The second-order valence-electron chi connectivity index (χ2n) is 3.68. The molecule has 0 fully saturated rings. The summed E-state index contributed by atoms with van der Waals surface area (Å²) in [6.07, 6.45) is 1.20. The number of aliphatic hydroxyl groups is 1. The molecular weight excluding hydrogens is 196 g/mol. The zero-order valence-corrected chi connectivity index (χ0v) is 9.53. The first-order chi connectivity index (χ1) is 7.15. The summed E-state index contributed by atoms with van der Waals surface area (Å²) in [5.74, 6) is 0.117. The van der Waals surface area contributed by atoms with Crippen LogP contribution in [-0.2, 0) is 9.53 Å². The van der Waals surface area contributed by atoms with Gasteiger partial charge >= 0.3 is 0 Å². The molecule has 0 aromatic carbocycles. The zero-order valence-electron chi connectivity index (χ0n) is 9.53. The third kappa shape index (κ3) is 6.43. The number of aliphatic hydroxyl groups excluding tert-OH is 1. The topological polar surface area (TPSA) is 84.6 Å². The Morgan fingerprint density at radius 1 is 1.60 bits per heavy atom. The van der Waals surface area contributed by atoms with Gasteiger partial charge in [-0.2, -0.15) is 0 Å². The highest BCUT2D eigenvalue weighted by Gasteiger charge is 2.14. The van der Waals surface area contributed by atoms with Gasteiger partial charge < -0.3 is 20.9 Å². The van der Waals surface area contributed by atoms with Gasteiger partial charge in [-0.15, -0.1) is 0 Å². The number of amides is 1. The molecule has 0 rings (SSSR count). The van der Waals surface area contributed by atoms with Crippen LogP contribution in [0.15, 0.2) is 0 Å². The first-order valence-corrected chi connectivity index (χ1v) is 5.27. The number of nitrogens with two attached hydrogens (primary N) is 1. The van der Waals surface area contributed by atoms with E-state index in [4.69, 9.17) is 15.6 Å².